The first-order valence-electron chi connectivity index (χ1n) is 8.91. The Kier molecular flexibility index (Phi) is 5.17. The Hall–Kier alpha value is -2.67. The summed E-state index contributed by atoms with van der Waals surface area (Å²) < 4.78 is 24.3. The highest BCUT2D eigenvalue weighted by molar-refractivity contribution is 7.91. The Balaban J connectivity index is 1.66. The van der Waals surface area contributed by atoms with Gasteiger partial charge in [0.05, 0.1) is 6.04 Å². The second kappa shape index (κ2) is 7.75. The predicted octanol–water partition coefficient (Wildman–Crippen LogP) is 4.94. The van der Waals surface area contributed by atoms with Crippen LogP contribution in [0.1, 0.15) is 17.2 Å². The number of thiophene rings is 1. The first kappa shape index (κ1) is 18.7. The molecule has 4 aromatic rings. The van der Waals surface area contributed by atoms with Crippen LogP contribution in [0.5, 0.6) is 0 Å². The number of sulfonamides is 1. The third-order valence-corrected chi connectivity index (χ3v) is 7.14. The van der Waals surface area contributed by atoms with Crippen LogP contribution in [0.25, 0.3) is 10.1 Å². The summed E-state index contributed by atoms with van der Waals surface area (Å²) in [6.07, 6.45) is 0.842. The van der Waals surface area contributed by atoms with Crippen molar-refractivity contribution in [1.82, 2.24) is 0 Å². The van der Waals surface area contributed by atoms with Crippen LogP contribution in [-0.4, -0.2) is 8.42 Å². The maximum absolute atomic E-state index is 11.6. The molecule has 0 amide bonds. The molecule has 0 saturated heterocycles. The fourth-order valence-electron chi connectivity index (χ4n) is 3.24. The van der Waals surface area contributed by atoms with Crippen LogP contribution >= 0.6 is 11.3 Å². The van der Waals surface area contributed by atoms with Gasteiger partial charge in [-0.15, -0.1) is 11.3 Å². The monoisotopic (exact) mass is 408 g/mol. The molecule has 0 radical (unpaired) electrons. The molecule has 0 spiro atoms. The summed E-state index contributed by atoms with van der Waals surface area (Å²) in [5.74, 6) is 0. The number of benzene rings is 3. The summed E-state index contributed by atoms with van der Waals surface area (Å²) >= 11 is 1.19. The van der Waals surface area contributed by atoms with E-state index in [2.05, 4.69) is 29.6 Å². The van der Waals surface area contributed by atoms with Crippen molar-refractivity contribution in [2.45, 2.75) is 16.7 Å². The van der Waals surface area contributed by atoms with Gasteiger partial charge in [-0.05, 0) is 47.2 Å². The van der Waals surface area contributed by atoms with Crippen molar-refractivity contribution in [3.8, 4) is 0 Å². The maximum atomic E-state index is 11.6. The van der Waals surface area contributed by atoms with Crippen molar-refractivity contribution in [3.63, 3.8) is 0 Å². The minimum Gasteiger partial charge on any atom is -0.378 e. The molecule has 0 fully saturated rings. The third kappa shape index (κ3) is 4.25. The Labute approximate surface area is 168 Å². The van der Waals surface area contributed by atoms with E-state index in [0.717, 1.165) is 22.2 Å². The Morgan fingerprint density at radius 3 is 2.25 bits per heavy atom. The van der Waals surface area contributed by atoms with E-state index in [-0.39, 0.29) is 10.3 Å². The van der Waals surface area contributed by atoms with Crippen LogP contribution in [0.4, 0.5) is 5.69 Å². The number of hydrogen-bond acceptors (Lipinski definition) is 4. The molecule has 1 atom stereocenters. The number of anilines is 1. The van der Waals surface area contributed by atoms with Crippen molar-refractivity contribution < 1.29 is 8.42 Å². The Morgan fingerprint density at radius 2 is 1.57 bits per heavy atom. The van der Waals surface area contributed by atoms with E-state index in [0.29, 0.717) is 0 Å². The van der Waals surface area contributed by atoms with Gasteiger partial charge in [-0.2, -0.15) is 0 Å². The van der Waals surface area contributed by atoms with E-state index in [1.54, 1.807) is 6.07 Å². The third-order valence-electron chi connectivity index (χ3n) is 4.60. The molecular formula is C22H20N2O2S2. The molecule has 1 aromatic heterocycles. The van der Waals surface area contributed by atoms with Crippen LogP contribution in [0.2, 0.25) is 0 Å². The van der Waals surface area contributed by atoms with Crippen molar-refractivity contribution in [2.24, 2.45) is 5.14 Å². The van der Waals surface area contributed by atoms with Gasteiger partial charge in [0.25, 0.3) is 0 Å². The van der Waals surface area contributed by atoms with Crippen LogP contribution < -0.4 is 10.5 Å². The number of primary sulfonamides is 1. The van der Waals surface area contributed by atoms with Gasteiger partial charge in [0.15, 0.2) is 0 Å². The molecular weight excluding hydrogens is 388 g/mol. The van der Waals surface area contributed by atoms with Gasteiger partial charge in [0.1, 0.15) is 4.21 Å². The van der Waals surface area contributed by atoms with Gasteiger partial charge in [0, 0.05) is 10.4 Å². The molecule has 0 aliphatic carbocycles. The largest absolute Gasteiger partial charge is 0.378 e. The molecule has 4 rings (SSSR count). The Morgan fingerprint density at radius 1 is 0.893 bits per heavy atom. The van der Waals surface area contributed by atoms with E-state index in [1.807, 2.05) is 54.6 Å². The summed E-state index contributed by atoms with van der Waals surface area (Å²) in [6.45, 7) is 0. The number of nitrogens with one attached hydrogen (secondary N) is 1. The van der Waals surface area contributed by atoms with Gasteiger partial charge in [-0.1, -0.05) is 60.7 Å². The van der Waals surface area contributed by atoms with Gasteiger partial charge >= 0.3 is 0 Å². The average Bonchev–Trinajstić information content (AvgIpc) is 3.13. The van der Waals surface area contributed by atoms with Crippen LogP contribution in [0, 0.1) is 0 Å². The minimum atomic E-state index is -3.69. The summed E-state index contributed by atoms with van der Waals surface area (Å²) in [5, 5.41) is 9.74. The smallest absolute Gasteiger partial charge is 0.247 e. The highest BCUT2D eigenvalue weighted by Crippen LogP contribution is 2.32. The molecule has 3 N–H and O–H groups in total. The highest BCUT2D eigenvalue weighted by atomic mass is 32.2. The normalized spacial score (nSPS) is 12.8. The van der Waals surface area contributed by atoms with Crippen molar-refractivity contribution in [2.75, 3.05) is 5.32 Å². The molecule has 0 aliphatic rings. The molecule has 1 heterocycles. The van der Waals surface area contributed by atoms with Gasteiger partial charge in [-0.3, -0.25) is 0 Å². The van der Waals surface area contributed by atoms with E-state index >= 15 is 0 Å². The first-order valence-corrected chi connectivity index (χ1v) is 11.3. The fraction of sp³-hybridized carbons (Fsp3) is 0.0909. The minimum absolute atomic E-state index is 0.0948. The number of hydrogen-bond donors (Lipinski definition) is 2. The summed E-state index contributed by atoms with van der Waals surface area (Å²) in [4.78, 5) is 0. The van der Waals surface area contributed by atoms with E-state index < -0.39 is 10.0 Å². The van der Waals surface area contributed by atoms with Crippen molar-refractivity contribution in [3.05, 3.63) is 96.1 Å². The molecule has 4 nitrogen and oxygen atoms in total. The lowest BCUT2D eigenvalue weighted by molar-refractivity contribution is 0.600. The summed E-state index contributed by atoms with van der Waals surface area (Å²) in [6, 6.07) is 28.3. The molecule has 0 aliphatic heterocycles. The predicted molar refractivity (Wildman–Crippen MR) is 116 cm³/mol. The quantitative estimate of drug-likeness (QED) is 0.474. The molecule has 6 heteroatoms. The lowest BCUT2D eigenvalue weighted by Crippen LogP contribution is -2.13. The van der Waals surface area contributed by atoms with Crippen LogP contribution in [-0.2, 0) is 16.4 Å². The topological polar surface area (TPSA) is 72.2 Å². The van der Waals surface area contributed by atoms with Crippen LogP contribution in [0.3, 0.4) is 0 Å². The molecule has 3 aromatic carbocycles. The van der Waals surface area contributed by atoms with Gasteiger partial charge in [0.2, 0.25) is 10.0 Å². The SMILES string of the molecule is NS(=O)(=O)c1cc2cc(NC(Cc3ccccc3)c3ccccc3)ccc2s1. The zero-order chi connectivity index (χ0) is 19.6. The van der Waals surface area contributed by atoms with Crippen molar-refractivity contribution in [1.29, 1.82) is 0 Å². The lowest BCUT2D eigenvalue weighted by Gasteiger charge is -2.21. The number of fused-ring (bicyclic) bond motifs is 1. The lowest BCUT2D eigenvalue weighted by atomic mass is 9.98. The van der Waals surface area contributed by atoms with E-state index in [4.69, 9.17) is 5.14 Å². The van der Waals surface area contributed by atoms with Crippen molar-refractivity contribution >= 4 is 37.1 Å². The zero-order valence-corrected chi connectivity index (χ0v) is 16.7. The van der Waals surface area contributed by atoms with Gasteiger partial charge < -0.3 is 5.32 Å². The van der Waals surface area contributed by atoms with E-state index in [9.17, 15) is 8.42 Å². The number of rotatable bonds is 6. The average molecular weight is 409 g/mol. The van der Waals surface area contributed by atoms with E-state index in [1.165, 1.54) is 22.5 Å². The second-order valence-corrected chi connectivity index (χ2v) is 9.53. The van der Waals surface area contributed by atoms with Gasteiger partial charge in [-0.25, -0.2) is 13.6 Å². The summed E-state index contributed by atoms with van der Waals surface area (Å²) in [5.41, 5.74) is 3.38. The number of nitrogens with two attached hydrogens (primary N) is 1. The molecule has 1 unspecified atom stereocenters. The maximum Gasteiger partial charge on any atom is 0.247 e. The summed E-state index contributed by atoms with van der Waals surface area (Å²) in [7, 11) is -3.69. The molecule has 142 valence electrons. The first-order chi connectivity index (χ1) is 13.5. The molecule has 28 heavy (non-hydrogen) atoms. The highest BCUT2D eigenvalue weighted by Gasteiger charge is 2.15. The standard InChI is InChI=1S/C22H20N2O2S2/c23-28(25,26)22-15-18-14-19(11-12-21(18)27-22)24-20(17-9-5-2-6-10-17)13-16-7-3-1-4-8-16/h1-12,14-15,20,24H,13H2,(H2,23,25,26). The fourth-order valence-corrected chi connectivity index (χ4v) is 5.04. The Bertz CT molecular complexity index is 1190. The molecule has 0 saturated carbocycles. The molecule has 0 bridgehead atoms. The second-order valence-electron chi connectivity index (χ2n) is 6.66. The zero-order valence-electron chi connectivity index (χ0n) is 15.1. The van der Waals surface area contributed by atoms with Crippen LogP contribution in [0.15, 0.2) is 89.1 Å².